The lowest BCUT2D eigenvalue weighted by Gasteiger charge is -2.22. The number of aryl methyl sites for hydroxylation is 3. The number of aliphatic hydroxyl groups excluding tert-OH is 1. The molecule has 0 spiro atoms. The third kappa shape index (κ3) is 4.32. The summed E-state index contributed by atoms with van der Waals surface area (Å²) in [5.41, 5.74) is 4.05. The number of carbonyl (C=O) groups is 2. The summed E-state index contributed by atoms with van der Waals surface area (Å²) in [6.07, 6.45) is 1.84. The molecule has 2 aromatic carbocycles. The van der Waals surface area contributed by atoms with E-state index in [4.69, 9.17) is 4.74 Å². The van der Waals surface area contributed by atoms with Gasteiger partial charge in [-0.15, -0.1) is 10.2 Å². The molecule has 9 nitrogen and oxygen atoms in total. The van der Waals surface area contributed by atoms with Crippen LogP contribution in [0.4, 0.5) is 5.13 Å². The number of nitrogens with zero attached hydrogens (tertiary/aromatic N) is 5. The second-order valence-corrected chi connectivity index (χ2v) is 10.7. The largest absolute Gasteiger partial charge is 0.505 e. The average molecular weight is 552 g/mol. The van der Waals surface area contributed by atoms with Gasteiger partial charge in [-0.05, 0) is 55.7 Å². The molecular weight excluding hydrogens is 526 g/mol. The number of hydrogen-bond acceptors (Lipinski definition) is 8. The van der Waals surface area contributed by atoms with E-state index < -0.39 is 17.7 Å². The van der Waals surface area contributed by atoms with Gasteiger partial charge >= 0.3 is 5.91 Å². The summed E-state index contributed by atoms with van der Waals surface area (Å²) < 4.78 is 7.78. The van der Waals surface area contributed by atoms with Gasteiger partial charge in [0.15, 0.2) is 5.76 Å². The highest BCUT2D eigenvalue weighted by Crippen LogP contribution is 2.43. The van der Waals surface area contributed by atoms with Crippen LogP contribution in [-0.4, -0.2) is 36.4 Å². The van der Waals surface area contributed by atoms with Crippen molar-refractivity contribution in [1.82, 2.24) is 19.6 Å². The molecule has 0 radical (unpaired) electrons. The molecule has 1 amide bonds. The normalized spacial score (nSPS) is 16.7. The summed E-state index contributed by atoms with van der Waals surface area (Å²) in [6.45, 7) is 5.90. The van der Waals surface area contributed by atoms with Crippen molar-refractivity contribution < 1.29 is 19.4 Å². The first-order chi connectivity index (χ1) is 19.3. The Balaban J connectivity index is 1.45. The number of imidazole rings is 1. The molecule has 4 heterocycles. The molecule has 1 fully saturated rings. The number of ketones is 1. The first-order valence-corrected chi connectivity index (χ1v) is 13.5. The molecule has 1 unspecified atom stereocenters. The van der Waals surface area contributed by atoms with Crippen LogP contribution in [0.2, 0.25) is 0 Å². The van der Waals surface area contributed by atoms with Gasteiger partial charge in [0.05, 0.1) is 17.3 Å². The summed E-state index contributed by atoms with van der Waals surface area (Å²) in [4.78, 5) is 32.8. The van der Waals surface area contributed by atoms with Crippen molar-refractivity contribution in [2.75, 3.05) is 4.90 Å². The molecular formula is C30H25N5O4S. The third-order valence-corrected chi connectivity index (χ3v) is 7.76. The van der Waals surface area contributed by atoms with E-state index in [1.165, 1.54) is 16.2 Å². The molecule has 1 N–H and O–H groups in total. The standard InChI is InChI=1S/C30H25N5O4S/c1-17-8-7-15-34-18(2)24(31-28(17)34)26(36)23-25(35(29(38)27(23)37)30-33-32-19(3)40-30)21-11-13-22(14-12-21)39-16-20-9-5-4-6-10-20/h4-15,25,36H,16H2,1-3H3. The highest BCUT2D eigenvalue weighted by atomic mass is 32.1. The Labute approximate surface area is 234 Å². The third-order valence-electron chi connectivity index (χ3n) is 6.92. The number of hydrogen-bond donors (Lipinski definition) is 1. The number of benzene rings is 2. The summed E-state index contributed by atoms with van der Waals surface area (Å²) >= 11 is 1.20. The fourth-order valence-electron chi connectivity index (χ4n) is 4.89. The fraction of sp³-hybridized carbons (Fsp3) is 0.167. The monoisotopic (exact) mass is 551 g/mol. The van der Waals surface area contributed by atoms with Crippen molar-refractivity contribution >= 4 is 39.6 Å². The van der Waals surface area contributed by atoms with Crippen LogP contribution < -0.4 is 9.64 Å². The summed E-state index contributed by atoms with van der Waals surface area (Å²) in [5.74, 6) is -1.31. The lowest BCUT2D eigenvalue weighted by atomic mass is 9.96. The summed E-state index contributed by atoms with van der Waals surface area (Å²) in [5, 5.41) is 20.7. The molecule has 0 aliphatic carbocycles. The van der Waals surface area contributed by atoms with Crippen molar-refractivity contribution in [2.45, 2.75) is 33.4 Å². The number of pyridine rings is 1. The molecule has 10 heteroatoms. The van der Waals surface area contributed by atoms with Gasteiger partial charge in [0.25, 0.3) is 5.78 Å². The van der Waals surface area contributed by atoms with Crippen LogP contribution in [0.3, 0.4) is 0 Å². The molecule has 1 atom stereocenters. The fourth-order valence-corrected chi connectivity index (χ4v) is 5.60. The Kier molecular flexibility index (Phi) is 6.39. The number of rotatable bonds is 6. The molecule has 200 valence electrons. The van der Waals surface area contributed by atoms with Crippen LogP contribution in [0.5, 0.6) is 5.75 Å². The van der Waals surface area contributed by atoms with Crippen molar-refractivity contribution in [2.24, 2.45) is 0 Å². The molecule has 1 aliphatic rings. The van der Waals surface area contributed by atoms with Gasteiger partial charge in [-0.25, -0.2) is 4.98 Å². The minimum Gasteiger partial charge on any atom is -0.505 e. The maximum Gasteiger partial charge on any atom is 0.301 e. The number of aromatic nitrogens is 4. The van der Waals surface area contributed by atoms with Crippen LogP contribution in [0.15, 0.2) is 78.5 Å². The van der Waals surface area contributed by atoms with Crippen molar-refractivity contribution in [3.05, 3.63) is 112 Å². The van der Waals surface area contributed by atoms with Gasteiger partial charge in [-0.1, -0.05) is 59.9 Å². The average Bonchev–Trinajstić information content (AvgIpc) is 3.62. The van der Waals surface area contributed by atoms with Gasteiger partial charge < -0.3 is 14.2 Å². The maximum atomic E-state index is 13.5. The van der Waals surface area contributed by atoms with E-state index in [1.54, 1.807) is 31.2 Å². The molecule has 0 bridgehead atoms. The topological polar surface area (TPSA) is 110 Å². The maximum absolute atomic E-state index is 13.5. The highest BCUT2D eigenvalue weighted by Gasteiger charge is 2.48. The number of ether oxygens (including phenoxy) is 1. The molecule has 0 saturated carbocycles. The number of amides is 1. The minimum absolute atomic E-state index is 0.0556. The molecule has 5 aromatic rings. The Morgan fingerprint density at radius 3 is 2.40 bits per heavy atom. The van der Waals surface area contributed by atoms with Crippen LogP contribution in [0, 0.1) is 20.8 Å². The van der Waals surface area contributed by atoms with Gasteiger partial charge in [0.1, 0.15) is 28.7 Å². The second-order valence-electron chi connectivity index (χ2n) is 9.55. The number of fused-ring (bicyclic) bond motifs is 1. The number of anilines is 1. The van der Waals surface area contributed by atoms with E-state index >= 15 is 0 Å². The van der Waals surface area contributed by atoms with E-state index in [1.807, 2.05) is 66.9 Å². The zero-order valence-electron chi connectivity index (χ0n) is 22.0. The molecule has 3 aromatic heterocycles. The zero-order valence-corrected chi connectivity index (χ0v) is 22.8. The number of aliphatic hydroxyl groups is 1. The van der Waals surface area contributed by atoms with Gasteiger partial charge in [0.2, 0.25) is 5.13 Å². The Morgan fingerprint density at radius 1 is 0.975 bits per heavy atom. The Bertz CT molecular complexity index is 1790. The molecule has 40 heavy (non-hydrogen) atoms. The van der Waals surface area contributed by atoms with Gasteiger partial charge in [0, 0.05) is 6.20 Å². The second kappa shape index (κ2) is 10.0. The summed E-state index contributed by atoms with van der Waals surface area (Å²) in [6, 6.07) is 19.8. The molecule has 1 saturated heterocycles. The van der Waals surface area contributed by atoms with Crippen LogP contribution in [0.1, 0.15) is 39.1 Å². The quantitative estimate of drug-likeness (QED) is 0.173. The first-order valence-electron chi connectivity index (χ1n) is 12.7. The van der Waals surface area contributed by atoms with E-state index in [2.05, 4.69) is 15.2 Å². The lowest BCUT2D eigenvalue weighted by Crippen LogP contribution is -2.29. The van der Waals surface area contributed by atoms with Crippen molar-refractivity contribution in [1.29, 1.82) is 0 Å². The smallest absolute Gasteiger partial charge is 0.301 e. The molecule has 1 aliphatic heterocycles. The predicted molar refractivity (Wildman–Crippen MR) is 151 cm³/mol. The van der Waals surface area contributed by atoms with Gasteiger partial charge in [-0.3, -0.25) is 14.5 Å². The van der Waals surface area contributed by atoms with Crippen molar-refractivity contribution in [3.8, 4) is 5.75 Å². The SMILES string of the molecule is Cc1nnc(N2C(=O)C(=O)C(=C(O)c3nc4c(C)cccn4c3C)C2c2ccc(OCc3ccccc3)cc2)s1. The van der Waals surface area contributed by atoms with Crippen molar-refractivity contribution in [3.63, 3.8) is 0 Å². The minimum atomic E-state index is -0.930. The van der Waals surface area contributed by atoms with E-state index in [0.717, 1.165) is 11.1 Å². The van der Waals surface area contributed by atoms with E-state index in [9.17, 15) is 14.7 Å². The highest BCUT2D eigenvalue weighted by molar-refractivity contribution is 7.15. The van der Waals surface area contributed by atoms with Crippen LogP contribution in [-0.2, 0) is 16.2 Å². The van der Waals surface area contributed by atoms with Gasteiger partial charge in [-0.2, -0.15) is 0 Å². The zero-order chi connectivity index (χ0) is 28.0. The van der Waals surface area contributed by atoms with E-state index in [0.29, 0.717) is 34.3 Å². The number of Topliss-reactive ketones (excluding diaryl/α,β-unsaturated/α-hetero) is 1. The lowest BCUT2D eigenvalue weighted by molar-refractivity contribution is -0.132. The Morgan fingerprint density at radius 2 is 1.73 bits per heavy atom. The predicted octanol–water partition coefficient (Wildman–Crippen LogP) is 5.32. The first kappa shape index (κ1) is 25.4. The number of carbonyl (C=O) groups excluding carboxylic acids is 2. The molecule has 6 rings (SSSR count). The van der Waals surface area contributed by atoms with E-state index in [-0.39, 0.29) is 22.2 Å². The van der Waals surface area contributed by atoms with Crippen LogP contribution >= 0.6 is 11.3 Å². The Hall–Kier alpha value is -4.83. The summed E-state index contributed by atoms with van der Waals surface area (Å²) in [7, 11) is 0. The van der Waals surface area contributed by atoms with Crippen LogP contribution in [0.25, 0.3) is 11.4 Å².